The average molecular weight is 225 g/mol. The molecule has 6 nitrogen and oxygen atoms in total. The minimum absolute atomic E-state index is 0.0903. The van der Waals surface area contributed by atoms with Crippen LogP contribution in [0, 0.1) is 6.92 Å². The standard InChI is InChI=1S/C10H19N5O/c1-7(2)15(4-5-16)10-8(3)9(14-11)12-6-13-10/h6-7,16H,4-5,11H2,1-3H3,(H,12,13,14). The molecule has 0 aliphatic heterocycles. The summed E-state index contributed by atoms with van der Waals surface area (Å²) >= 11 is 0. The van der Waals surface area contributed by atoms with Crippen LogP contribution < -0.4 is 16.2 Å². The minimum Gasteiger partial charge on any atom is -0.395 e. The monoisotopic (exact) mass is 225 g/mol. The molecule has 0 aliphatic rings. The average Bonchev–Trinajstić information content (AvgIpc) is 2.26. The fourth-order valence-corrected chi connectivity index (χ4v) is 1.59. The highest BCUT2D eigenvalue weighted by Crippen LogP contribution is 2.22. The zero-order valence-corrected chi connectivity index (χ0v) is 9.94. The van der Waals surface area contributed by atoms with Gasteiger partial charge in [-0.3, -0.25) is 0 Å². The van der Waals surface area contributed by atoms with Gasteiger partial charge in [-0.25, -0.2) is 15.8 Å². The highest BCUT2D eigenvalue weighted by molar-refractivity contribution is 5.57. The van der Waals surface area contributed by atoms with Crippen molar-refractivity contribution in [3.05, 3.63) is 11.9 Å². The third kappa shape index (κ3) is 2.59. The molecule has 1 aromatic rings. The third-order valence-corrected chi connectivity index (χ3v) is 2.43. The van der Waals surface area contributed by atoms with Gasteiger partial charge in [0.1, 0.15) is 18.0 Å². The van der Waals surface area contributed by atoms with E-state index in [4.69, 9.17) is 10.9 Å². The number of hydrazine groups is 1. The molecule has 0 saturated heterocycles. The van der Waals surface area contributed by atoms with Gasteiger partial charge in [0, 0.05) is 18.2 Å². The number of aromatic nitrogens is 2. The first kappa shape index (κ1) is 12.7. The lowest BCUT2D eigenvalue weighted by atomic mass is 10.2. The second kappa shape index (κ2) is 5.62. The molecule has 1 heterocycles. The van der Waals surface area contributed by atoms with Crippen molar-refractivity contribution in [3.63, 3.8) is 0 Å². The molecule has 6 heteroatoms. The number of anilines is 2. The van der Waals surface area contributed by atoms with E-state index >= 15 is 0 Å². The topological polar surface area (TPSA) is 87.3 Å². The normalized spacial score (nSPS) is 10.6. The Labute approximate surface area is 95.5 Å². The molecule has 0 aromatic carbocycles. The lowest BCUT2D eigenvalue weighted by Gasteiger charge is -2.28. The Morgan fingerprint density at radius 2 is 2.19 bits per heavy atom. The number of rotatable bonds is 5. The van der Waals surface area contributed by atoms with Crippen LogP contribution in [0.25, 0.3) is 0 Å². The summed E-state index contributed by atoms with van der Waals surface area (Å²) in [6.45, 7) is 6.63. The van der Waals surface area contributed by atoms with Crippen molar-refractivity contribution >= 4 is 11.6 Å². The number of hydrogen-bond donors (Lipinski definition) is 3. The fraction of sp³-hybridized carbons (Fsp3) is 0.600. The van der Waals surface area contributed by atoms with Crippen LogP contribution in [-0.2, 0) is 0 Å². The van der Waals surface area contributed by atoms with Gasteiger partial charge >= 0.3 is 0 Å². The van der Waals surface area contributed by atoms with E-state index in [0.29, 0.717) is 12.4 Å². The Balaban J connectivity index is 3.08. The summed E-state index contributed by atoms with van der Waals surface area (Å²) in [7, 11) is 0. The molecule has 0 amide bonds. The van der Waals surface area contributed by atoms with Gasteiger partial charge in [-0.05, 0) is 20.8 Å². The molecule has 90 valence electrons. The van der Waals surface area contributed by atoms with Gasteiger partial charge in [0.15, 0.2) is 0 Å². The van der Waals surface area contributed by atoms with Gasteiger partial charge in [0.05, 0.1) is 6.61 Å². The molecule has 1 rings (SSSR count). The van der Waals surface area contributed by atoms with Gasteiger partial charge in [-0.15, -0.1) is 0 Å². The molecule has 4 N–H and O–H groups in total. The maximum absolute atomic E-state index is 9.04. The SMILES string of the molecule is Cc1c(NN)ncnc1N(CCO)C(C)C. The first-order valence-corrected chi connectivity index (χ1v) is 5.27. The summed E-state index contributed by atoms with van der Waals surface area (Å²) < 4.78 is 0. The maximum atomic E-state index is 9.04. The molecular formula is C10H19N5O. The summed E-state index contributed by atoms with van der Waals surface area (Å²) in [6.07, 6.45) is 1.46. The molecular weight excluding hydrogens is 206 g/mol. The Morgan fingerprint density at radius 3 is 2.69 bits per heavy atom. The molecule has 0 saturated carbocycles. The van der Waals surface area contributed by atoms with Gasteiger partial charge < -0.3 is 15.4 Å². The smallest absolute Gasteiger partial charge is 0.148 e. The summed E-state index contributed by atoms with van der Waals surface area (Å²) in [5.41, 5.74) is 3.41. The molecule has 0 atom stereocenters. The van der Waals surface area contributed by atoms with E-state index in [1.165, 1.54) is 6.33 Å². The van der Waals surface area contributed by atoms with Crippen molar-refractivity contribution in [1.82, 2.24) is 9.97 Å². The van der Waals surface area contributed by atoms with Crippen molar-refractivity contribution < 1.29 is 5.11 Å². The highest BCUT2D eigenvalue weighted by Gasteiger charge is 2.15. The summed E-state index contributed by atoms with van der Waals surface area (Å²) in [4.78, 5) is 10.3. The number of nitrogens with two attached hydrogens (primary N) is 1. The maximum Gasteiger partial charge on any atom is 0.148 e. The Kier molecular flexibility index (Phi) is 4.45. The van der Waals surface area contributed by atoms with Gasteiger partial charge in [0.25, 0.3) is 0 Å². The lowest BCUT2D eigenvalue weighted by molar-refractivity contribution is 0.298. The van der Waals surface area contributed by atoms with E-state index in [1.807, 2.05) is 25.7 Å². The van der Waals surface area contributed by atoms with E-state index in [2.05, 4.69) is 15.4 Å². The Hall–Kier alpha value is -1.40. The lowest BCUT2D eigenvalue weighted by Crippen LogP contribution is -2.35. The molecule has 0 spiro atoms. The Bertz CT molecular complexity index is 342. The number of hydrogen-bond acceptors (Lipinski definition) is 6. The number of aliphatic hydroxyl groups excluding tert-OH is 1. The second-order valence-corrected chi connectivity index (χ2v) is 3.83. The predicted molar refractivity (Wildman–Crippen MR) is 64.1 cm³/mol. The molecule has 0 radical (unpaired) electrons. The number of nitrogens with zero attached hydrogens (tertiary/aromatic N) is 3. The van der Waals surface area contributed by atoms with E-state index in [9.17, 15) is 0 Å². The zero-order chi connectivity index (χ0) is 12.1. The molecule has 1 aromatic heterocycles. The first-order chi connectivity index (χ1) is 7.61. The molecule has 0 bridgehead atoms. The van der Waals surface area contributed by atoms with Crippen LogP contribution in [0.1, 0.15) is 19.4 Å². The van der Waals surface area contributed by atoms with Crippen LogP contribution in [0.3, 0.4) is 0 Å². The van der Waals surface area contributed by atoms with Crippen molar-refractivity contribution in [2.24, 2.45) is 5.84 Å². The fourth-order valence-electron chi connectivity index (χ4n) is 1.59. The van der Waals surface area contributed by atoms with Crippen molar-refractivity contribution in [2.75, 3.05) is 23.5 Å². The summed E-state index contributed by atoms with van der Waals surface area (Å²) in [6, 6.07) is 0.256. The van der Waals surface area contributed by atoms with Crippen molar-refractivity contribution in [3.8, 4) is 0 Å². The quantitative estimate of drug-likeness (QED) is 0.493. The third-order valence-electron chi connectivity index (χ3n) is 2.43. The number of nitrogen functional groups attached to an aromatic ring is 1. The summed E-state index contributed by atoms with van der Waals surface area (Å²) in [5, 5.41) is 9.04. The van der Waals surface area contributed by atoms with Crippen LogP contribution in [0.5, 0.6) is 0 Å². The van der Waals surface area contributed by atoms with Crippen LogP contribution in [0.4, 0.5) is 11.6 Å². The van der Waals surface area contributed by atoms with Gasteiger partial charge in [-0.1, -0.05) is 0 Å². The van der Waals surface area contributed by atoms with Crippen LogP contribution >= 0.6 is 0 Å². The van der Waals surface area contributed by atoms with E-state index in [1.54, 1.807) is 0 Å². The number of nitrogens with one attached hydrogen (secondary N) is 1. The molecule has 0 unspecified atom stereocenters. The van der Waals surface area contributed by atoms with E-state index < -0.39 is 0 Å². The Morgan fingerprint density at radius 1 is 1.50 bits per heavy atom. The van der Waals surface area contributed by atoms with Crippen molar-refractivity contribution in [2.45, 2.75) is 26.8 Å². The summed E-state index contributed by atoms with van der Waals surface area (Å²) in [5.74, 6) is 6.76. The zero-order valence-electron chi connectivity index (χ0n) is 9.94. The van der Waals surface area contributed by atoms with E-state index in [-0.39, 0.29) is 12.6 Å². The minimum atomic E-state index is 0.0903. The highest BCUT2D eigenvalue weighted by atomic mass is 16.3. The first-order valence-electron chi connectivity index (χ1n) is 5.27. The molecule has 16 heavy (non-hydrogen) atoms. The predicted octanol–water partition coefficient (Wildman–Crippen LogP) is 0.278. The van der Waals surface area contributed by atoms with Gasteiger partial charge in [0.2, 0.25) is 0 Å². The van der Waals surface area contributed by atoms with Crippen LogP contribution in [-0.4, -0.2) is 34.3 Å². The van der Waals surface area contributed by atoms with E-state index in [0.717, 1.165) is 11.4 Å². The van der Waals surface area contributed by atoms with Crippen LogP contribution in [0.2, 0.25) is 0 Å². The number of aliphatic hydroxyl groups is 1. The molecule has 0 fully saturated rings. The van der Waals surface area contributed by atoms with Crippen molar-refractivity contribution in [1.29, 1.82) is 0 Å². The van der Waals surface area contributed by atoms with Gasteiger partial charge in [-0.2, -0.15) is 0 Å². The van der Waals surface area contributed by atoms with Crippen LogP contribution in [0.15, 0.2) is 6.33 Å². The second-order valence-electron chi connectivity index (χ2n) is 3.83. The molecule has 0 aliphatic carbocycles. The largest absolute Gasteiger partial charge is 0.395 e.